The molecule has 22 heavy (non-hydrogen) atoms. The molecule has 0 aromatic rings. The average Bonchev–Trinajstić information content (AvgIpc) is 2.35. The third-order valence-corrected chi connectivity index (χ3v) is 4.97. The lowest BCUT2D eigenvalue weighted by atomic mass is 9.70. The molecule has 0 rings (SSSR count). The topological polar surface area (TPSA) is 17.1 Å². The number of carbonyl (C=O) groups excluding carboxylic acids is 1. The fourth-order valence-corrected chi connectivity index (χ4v) is 4.12. The Hall–Kier alpha value is -0.400. The van der Waals surface area contributed by atoms with Crippen LogP contribution in [0.15, 0.2) is 0 Å². The summed E-state index contributed by atoms with van der Waals surface area (Å²) in [6.45, 7) is 16.5. The van der Waals surface area contributed by atoms with Crippen molar-refractivity contribution in [3.8, 4) is 0 Å². The summed E-state index contributed by atoms with van der Waals surface area (Å²) in [5.74, 6) is 1.42. The normalized spacial score (nSPS) is 19.0. The van der Waals surface area contributed by atoms with Gasteiger partial charge in [0.2, 0.25) is 0 Å². The molecule has 0 saturated carbocycles. The van der Waals surface area contributed by atoms with Gasteiger partial charge in [0.05, 0.1) is 0 Å². The van der Waals surface area contributed by atoms with Crippen molar-refractivity contribution in [2.45, 2.75) is 93.2 Å². The molecule has 4 atom stereocenters. The Morgan fingerprint density at radius 2 is 1.59 bits per heavy atom. The van der Waals surface area contributed by atoms with Gasteiger partial charge in [0, 0.05) is 12.3 Å². The number of hydrogen-bond donors (Lipinski definition) is 0. The van der Waals surface area contributed by atoms with E-state index in [1.54, 1.807) is 0 Å². The Balaban J connectivity index is 4.83. The van der Waals surface area contributed by atoms with Gasteiger partial charge in [-0.05, 0) is 43.4 Å². The zero-order chi connectivity index (χ0) is 17.5. The predicted octanol–water partition coefficient (Wildman–Crippen LogP) is 6.45. The first-order chi connectivity index (χ1) is 10.0. The lowest BCUT2D eigenvalue weighted by molar-refractivity contribution is -0.136. The first-order valence-electron chi connectivity index (χ1n) is 9.26. The molecule has 0 aromatic heterocycles. The molecule has 132 valence electrons. The van der Waals surface area contributed by atoms with E-state index in [0.717, 1.165) is 19.3 Å². The minimum atomic E-state index is -1.69. The largest absolute Gasteiger partial charge is 0.296 e. The first kappa shape index (κ1) is 21.6. The number of Topliss-reactive ketones (excluding diaryl/α,β-unsaturated/α-hetero) is 1. The zero-order valence-electron chi connectivity index (χ0n) is 16.2. The van der Waals surface area contributed by atoms with E-state index in [1.807, 2.05) is 6.92 Å². The standard InChI is InChI=1S/C20H39FO/c1-9-10-18(22)20(8,21)19(15(4)5)17(7)12-11-16(6)13-14(2)3/h14-17,19H,9-13H2,1-8H3. The third-order valence-electron chi connectivity index (χ3n) is 4.97. The number of rotatable bonds is 11. The van der Waals surface area contributed by atoms with Crippen LogP contribution in [0.1, 0.15) is 87.5 Å². The van der Waals surface area contributed by atoms with Gasteiger partial charge in [-0.15, -0.1) is 0 Å². The van der Waals surface area contributed by atoms with Gasteiger partial charge >= 0.3 is 0 Å². The third kappa shape index (κ3) is 6.79. The van der Waals surface area contributed by atoms with E-state index in [1.165, 1.54) is 13.3 Å². The number of alkyl halides is 1. The lowest BCUT2D eigenvalue weighted by Gasteiger charge is -2.37. The van der Waals surface area contributed by atoms with E-state index in [-0.39, 0.29) is 23.5 Å². The van der Waals surface area contributed by atoms with Crippen molar-refractivity contribution < 1.29 is 9.18 Å². The van der Waals surface area contributed by atoms with Crippen molar-refractivity contribution in [2.75, 3.05) is 0 Å². The molecule has 0 radical (unpaired) electrons. The molecule has 0 aliphatic rings. The number of hydrogen-bond acceptors (Lipinski definition) is 1. The fraction of sp³-hybridized carbons (Fsp3) is 0.950. The van der Waals surface area contributed by atoms with Crippen LogP contribution in [0.4, 0.5) is 4.39 Å². The second kappa shape index (κ2) is 9.67. The fourth-order valence-electron chi connectivity index (χ4n) is 4.12. The smallest absolute Gasteiger partial charge is 0.169 e. The number of halogens is 1. The van der Waals surface area contributed by atoms with Crippen molar-refractivity contribution in [1.29, 1.82) is 0 Å². The molecule has 0 aliphatic carbocycles. The summed E-state index contributed by atoms with van der Waals surface area (Å²) < 4.78 is 15.2. The lowest BCUT2D eigenvalue weighted by Crippen LogP contribution is -2.44. The van der Waals surface area contributed by atoms with Crippen molar-refractivity contribution >= 4 is 5.78 Å². The maximum atomic E-state index is 15.2. The maximum Gasteiger partial charge on any atom is 0.169 e. The molecule has 0 spiro atoms. The molecule has 0 aromatic carbocycles. The second-order valence-electron chi connectivity index (χ2n) is 8.31. The van der Waals surface area contributed by atoms with Crippen LogP contribution in [0, 0.1) is 29.6 Å². The van der Waals surface area contributed by atoms with Crippen molar-refractivity contribution in [3.63, 3.8) is 0 Å². The van der Waals surface area contributed by atoms with E-state index in [2.05, 4.69) is 41.5 Å². The highest BCUT2D eigenvalue weighted by Gasteiger charge is 2.44. The summed E-state index contributed by atoms with van der Waals surface area (Å²) in [5, 5.41) is 0. The van der Waals surface area contributed by atoms with Gasteiger partial charge in [0.15, 0.2) is 11.5 Å². The van der Waals surface area contributed by atoms with Crippen LogP contribution in [-0.2, 0) is 4.79 Å². The Kier molecular flexibility index (Phi) is 9.50. The summed E-state index contributed by atoms with van der Waals surface area (Å²) in [7, 11) is 0. The van der Waals surface area contributed by atoms with Crippen LogP contribution in [0.5, 0.6) is 0 Å². The van der Waals surface area contributed by atoms with E-state index in [4.69, 9.17) is 0 Å². The molecule has 0 amide bonds. The van der Waals surface area contributed by atoms with E-state index >= 15 is 4.39 Å². The summed E-state index contributed by atoms with van der Waals surface area (Å²) in [5.41, 5.74) is -1.69. The van der Waals surface area contributed by atoms with Crippen LogP contribution in [0.2, 0.25) is 0 Å². The minimum Gasteiger partial charge on any atom is -0.296 e. The summed E-state index contributed by atoms with van der Waals surface area (Å²) in [6, 6.07) is 0. The summed E-state index contributed by atoms with van der Waals surface area (Å²) in [6.07, 6.45) is 4.44. The molecule has 0 bridgehead atoms. The molecule has 0 heterocycles. The van der Waals surface area contributed by atoms with Gasteiger partial charge in [0.1, 0.15) is 0 Å². The van der Waals surface area contributed by atoms with Gasteiger partial charge in [-0.3, -0.25) is 4.79 Å². The van der Waals surface area contributed by atoms with Gasteiger partial charge in [-0.2, -0.15) is 0 Å². The van der Waals surface area contributed by atoms with Crippen molar-refractivity contribution in [1.82, 2.24) is 0 Å². The molecular weight excluding hydrogens is 275 g/mol. The summed E-state index contributed by atoms with van der Waals surface area (Å²) in [4.78, 5) is 12.2. The molecule has 0 fully saturated rings. The Morgan fingerprint density at radius 3 is 2.00 bits per heavy atom. The molecule has 0 N–H and O–H groups in total. The SMILES string of the molecule is CCCC(=O)C(C)(F)C(C(C)C)C(C)CCC(C)CC(C)C. The number of ketones is 1. The second-order valence-corrected chi connectivity index (χ2v) is 8.31. The quantitative estimate of drug-likeness (QED) is 0.428. The predicted molar refractivity (Wildman–Crippen MR) is 94.8 cm³/mol. The average molecular weight is 315 g/mol. The van der Waals surface area contributed by atoms with E-state index in [0.29, 0.717) is 18.3 Å². The molecule has 2 heteroatoms. The monoisotopic (exact) mass is 314 g/mol. The van der Waals surface area contributed by atoms with Gasteiger partial charge in [-0.1, -0.05) is 61.3 Å². The minimum absolute atomic E-state index is 0.183. The highest BCUT2D eigenvalue weighted by molar-refractivity contribution is 5.87. The highest BCUT2D eigenvalue weighted by Crippen LogP contribution is 2.39. The molecule has 4 unspecified atom stereocenters. The zero-order valence-corrected chi connectivity index (χ0v) is 16.2. The van der Waals surface area contributed by atoms with Crippen LogP contribution in [0.25, 0.3) is 0 Å². The van der Waals surface area contributed by atoms with Gasteiger partial charge < -0.3 is 0 Å². The van der Waals surface area contributed by atoms with E-state index in [9.17, 15) is 4.79 Å². The molecule has 0 aliphatic heterocycles. The van der Waals surface area contributed by atoms with Crippen LogP contribution in [-0.4, -0.2) is 11.5 Å². The van der Waals surface area contributed by atoms with Crippen LogP contribution in [0.3, 0.4) is 0 Å². The van der Waals surface area contributed by atoms with Crippen LogP contribution >= 0.6 is 0 Å². The Morgan fingerprint density at radius 1 is 1.05 bits per heavy atom. The molecular formula is C20H39FO. The van der Waals surface area contributed by atoms with E-state index < -0.39 is 5.67 Å². The summed E-state index contributed by atoms with van der Waals surface area (Å²) >= 11 is 0. The Bertz CT molecular complexity index is 320. The van der Waals surface area contributed by atoms with Gasteiger partial charge in [0.25, 0.3) is 0 Å². The number of carbonyl (C=O) groups is 1. The van der Waals surface area contributed by atoms with Crippen LogP contribution < -0.4 is 0 Å². The highest BCUT2D eigenvalue weighted by atomic mass is 19.1. The van der Waals surface area contributed by atoms with Crippen molar-refractivity contribution in [3.05, 3.63) is 0 Å². The molecule has 1 nitrogen and oxygen atoms in total. The Labute approximate surface area is 138 Å². The van der Waals surface area contributed by atoms with Crippen molar-refractivity contribution in [2.24, 2.45) is 29.6 Å². The van der Waals surface area contributed by atoms with Gasteiger partial charge in [-0.25, -0.2) is 4.39 Å². The maximum absolute atomic E-state index is 15.2. The first-order valence-corrected chi connectivity index (χ1v) is 9.26. The molecule has 0 saturated heterocycles.